The van der Waals surface area contributed by atoms with Gasteiger partial charge in [-0.3, -0.25) is 14.5 Å². The molecule has 1 N–H and O–H groups in total. The zero-order valence-electron chi connectivity index (χ0n) is 20.8. The van der Waals surface area contributed by atoms with Gasteiger partial charge in [0.1, 0.15) is 0 Å². The van der Waals surface area contributed by atoms with E-state index in [1.807, 2.05) is 12.3 Å². The van der Waals surface area contributed by atoms with Crippen molar-refractivity contribution >= 4 is 16.8 Å². The lowest BCUT2D eigenvalue weighted by molar-refractivity contribution is -0.127. The number of aryl methyl sites for hydroxylation is 2. The van der Waals surface area contributed by atoms with Gasteiger partial charge < -0.3 is 19.2 Å². The van der Waals surface area contributed by atoms with Crippen molar-refractivity contribution in [2.45, 2.75) is 50.7 Å². The number of fused-ring (bicyclic) bond motifs is 1. The number of rotatable bonds is 9. The first-order chi connectivity index (χ1) is 17.0. The zero-order chi connectivity index (χ0) is 24.4. The lowest BCUT2D eigenvalue weighted by atomic mass is 9.80. The van der Waals surface area contributed by atoms with Gasteiger partial charge in [-0.2, -0.15) is 0 Å². The number of carbonyl (C=O) groups is 1. The standard InChI is InChI=1S/C28H36N4O3/c1-30-13-10-20(16-27(30)33)23-11-14-31(19-25(23)28(34)29-22-8-9-22)17-21-18-32(12-5-15-35-2)26-7-4-3-6-24(21)26/h3-4,6-7,10,13,16,18,22-23,25H,5,8-9,11-12,14-15,17,19H2,1-2H3,(H,29,34). The van der Waals surface area contributed by atoms with Gasteiger partial charge in [0.05, 0.1) is 5.92 Å². The first-order valence-electron chi connectivity index (χ1n) is 12.8. The van der Waals surface area contributed by atoms with Crippen molar-refractivity contribution in [3.8, 4) is 0 Å². The van der Waals surface area contributed by atoms with E-state index in [0.717, 1.165) is 57.5 Å². The van der Waals surface area contributed by atoms with E-state index in [9.17, 15) is 9.59 Å². The van der Waals surface area contributed by atoms with Gasteiger partial charge in [0.15, 0.2) is 0 Å². The van der Waals surface area contributed by atoms with Crippen LogP contribution in [0.3, 0.4) is 0 Å². The Morgan fingerprint density at radius 1 is 1.17 bits per heavy atom. The first kappa shape index (κ1) is 23.8. The number of hydrogen-bond donors (Lipinski definition) is 1. The fourth-order valence-electron chi connectivity index (χ4n) is 5.41. The van der Waals surface area contributed by atoms with Gasteiger partial charge in [0.25, 0.3) is 5.56 Å². The van der Waals surface area contributed by atoms with Gasteiger partial charge >= 0.3 is 0 Å². The van der Waals surface area contributed by atoms with Crippen LogP contribution in [0.5, 0.6) is 0 Å². The topological polar surface area (TPSA) is 68.5 Å². The second kappa shape index (κ2) is 10.4. The highest BCUT2D eigenvalue weighted by Crippen LogP contribution is 2.35. The van der Waals surface area contributed by atoms with Crippen molar-refractivity contribution in [3.05, 3.63) is 70.3 Å². The summed E-state index contributed by atoms with van der Waals surface area (Å²) in [6.45, 7) is 4.08. The molecule has 1 amide bonds. The number of methoxy groups -OCH3 is 1. The normalized spacial score (nSPS) is 20.9. The fraction of sp³-hybridized carbons (Fsp3) is 0.500. The van der Waals surface area contributed by atoms with Gasteiger partial charge in [0, 0.05) is 75.8 Å². The summed E-state index contributed by atoms with van der Waals surface area (Å²) < 4.78 is 9.16. The van der Waals surface area contributed by atoms with E-state index < -0.39 is 0 Å². The zero-order valence-corrected chi connectivity index (χ0v) is 20.8. The van der Waals surface area contributed by atoms with Crippen molar-refractivity contribution in [2.24, 2.45) is 13.0 Å². The monoisotopic (exact) mass is 476 g/mol. The number of aromatic nitrogens is 2. The Morgan fingerprint density at radius 3 is 2.77 bits per heavy atom. The molecule has 186 valence electrons. The van der Waals surface area contributed by atoms with Crippen LogP contribution in [0.25, 0.3) is 10.9 Å². The Bertz CT molecular complexity index is 1240. The molecule has 35 heavy (non-hydrogen) atoms. The summed E-state index contributed by atoms with van der Waals surface area (Å²) in [5, 5.41) is 4.51. The minimum absolute atomic E-state index is 0.0208. The predicted molar refractivity (Wildman–Crippen MR) is 137 cm³/mol. The van der Waals surface area contributed by atoms with Crippen LogP contribution in [0.2, 0.25) is 0 Å². The number of benzene rings is 1. The molecule has 0 bridgehead atoms. The average Bonchev–Trinajstić information content (AvgIpc) is 3.62. The maximum absolute atomic E-state index is 13.3. The highest BCUT2D eigenvalue weighted by Gasteiger charge is 2.37. The van der Waals surface area contributed by atoms with Crippen LogP contribution in [-0.2, 0) is 29.7 Å². The smallest absolute Gasteiger partial charge is 0.250 e. The number of amides is 1. The quantitative estimate of drug-likeness (QED) is 0.482. The largest absolute Gasteiger partial charge is 0.385 e. The minimum Gasteiger partial charge on any atom is -0.385 e. The Hall–Kier alpha value is -2.90. The fourth-order valence-corrected chi connectivity index (χ4v) is 5.41. The molecular formula is C28H36N4O3. The molecule has 0 spiro atoms. The summed E-state index contributed by atoms with van der Waals surface area (Å²) in [5.41, 5.74) is 3.51. The molecule has 1 aliphatic carbocycles. The summed E-state index contributed by atoms with van der Waals surface area (Å²) in [6.07, 6.45) is 8.07. The molecule has 7 heteroatoms. The average molecular weight is 477 g/mol. The summed E-state index contributed by atoms with van der Waals surface area (Å²) >= 11 is 0. The van der Waals surface area contributed by atoms with Crippen LogP contribution in [0.4, 0.5) is 0 Å². The van der Waals surface area contributed by atoms with Gasteiger partial charge in [-0.25, -0.2) is 0 Å². The number of nitrogens with zero attached hydrogens (tertiary/aromatic N) is 3. The summed E-state index contributed by atoms with van der Waals surface area (Å²) in [4.78, 5) is 28.0. The number of piperidine rings is 1. The third kappa shape index (κ3) is 5.36. The number of hydrogen-bond acceptors (Lipinski definition) is 4. The highest BCUT2D eigenvalue weighted by molar-refractivity contribution is 5.84. The third-order valence-corrected chi connectivity index (χ3v) is 7.53. The molecule has 1 saturated heterocycles. The van der Waals surface area contributed by atoms with E-state index in [0.29, 0.717) is 12.6 Å². The Balaban J connectivity index is 1.37. The molecule has 1 saturated carbocycles. The van der Waals surface area contributed by atoms with Crippen molar-refractivity contribution in [3.63, 3.8) is 0 Å². The van der Waals surface area contributed by atoms with Gasteiger partial charge in [-0.05, 0) is 61.4 Å². The van der Waals surface area contributed by atoms with Gasteiger partial charge in [-0.1, -0.05) is 18.2 Å². The van der Waals surface area contributed by atoms with E-state index in [-0.39, 0.29) is 23.3 Å². The molecule has 2 fully saturated rings. The van der Waals surface area contributed by atoms with Crippen molar-refractivity contribution in [1.82, 2.24) is 19.4 Å². The molecular weight excluding hydrogens is 440 g/mol. The molecule has 2 aromatic heterocycles. The summed E-state index contributed by atoms with van der Waals surface area (Å²) in [5.74, 6) is 0.0330. The molecule has 3 aromatic rings. The molecule has 5 rings (SSSR count). The summed E-state index contributed by atoms with van der Waals surface area (Å²) in [7, 11) is 3.50. The molecule has 0 radical (unpaired) electrons. The minimum atomic E-state index is -0.161. The van der Waals surface area contributed by atoms with E-state index in [2.05, 4.69) is 45.2 Å². The van der Waals surface area contributed by atoms with Gasteiger partial charge in [-0.15, -0.1) is 0 Å². The number of para-hydroxylation sites is 1. The van der Waals surface area contributed by atoms with E-state index in [4.69, 9.17) is 4.74 Å². The van der Waals surface area contributed by atoms with Crippen LogP contribution in [-0.4, -0.2) is 52.8 Å². The van der Waals surface area contributed by atoms with Crippen LogP contribution < -0.4 is 10.9 Å². The second-order valence-electron chi connectivity index (χ2n) is 10.1. The highest BCUT2D eigenvalue weighted by atomic mass is 16.5. The maximum atomic E-state index is 13.3. The van der Waals surface area contributed by atoms with Crippen molar-refractivity contribution < 1.29 is 9.53 Å². The van der Waals surface area contributed by atoms with Crippen LogP contribution >= 0.6 is 0 Å². The van der Waals surface area contributed by atoms with E-state index >= 15 is 0 Å². The van der Waals surface area contributed by atoms with Crippen molar-refractivity contribution in [2.75, 3.05) is 26.8 Å². The molecule has 2 atom stereocenters. The van der Waals surface area contributed by atoms with E-state index in [1.54, 1.807) is 24.8 Å². The van der Waals surface area contributed by atoms with Crippen LogP contribution in [0.1, 0.15) is 42.7 Å². The predicted octanol–water partition coefficient (Wildman–Crippen LogP) is 3.26. The Morgan fingerprint density at radius 2 is 2.00 bits per heavy atom. The lowest BCUT2D eigenvalue weighted by Crippen LogP contribution is -2.47. The SMILES string of the molecule is COCCCn1cc(CN2CCC(c3ccn(C)c(=O)c3)C(C(=O)NC3CC3)C2)c2ccccc21. The molecule has 2 aliphatic rings. The third-order valence-electron chi connectivity index (χ3n) is 7.53. The Kier molecular flexibility index (Phi) is 7.07. The number of ether oxygens (including phenoxy) is 1. The number of likely N-dealkylation sites (tertiary alicyclic amines) is 1. The molecule has 2 unspecified atom stereocenters. The van der Waals surface area contributed by atoms with Crippen molar-refractivity contribution in [1.29, 1.82) is 0 Å². The van der Waals surface area contributed by atoms with Crippen LogP contribution in [0, 0.1) is 5.92 Å². The number of nitrogens with one attached hydrogen (secondary N) is 1. The van der Waals surface area contributed by atoms with Gasteiger partial charge in [0.2, 0.25) is 5.91 Å². The Labute approximate surface area is 206 Å². The second-order valence-corrected chi connectivity index (χ2v) is 10.1. The number of carbonyl (C=O) groups excluding carboxylic acids is 1. The molecule has 1 aliphatic heterocycles. The maximum Gasteiger partial charge on any atom is 0.250 e. The lowest BCUT2D eigenvalue weighted by Gasteiger charge is -2.38. The molecule has 1 aromatic carbocycles. The molecule has 3 heterocycles. The first-order valence-corrected chi connectivity index (χ1v) is 12.8. The van der Waals surface area contributed by atoms with E-state index in [1.165, 1.54) is 16.5 Å². The molecule has 7 nitrogen and oxygen atoms in total. The summed E-state index contributed by atoms with van der Waals surface area (Å²) in [6, 6.07) is 12.6. The number of pyridine rings is 1. The van der Waals surface area contributed by atoms with Crippen LogP contribution in [0.15, 0.2) is 53.6 Å².